The summed E-state index contributed by atoms with van der Waals surface area (Å²) in [6.07, 6.45) is 2.51. The number of aromatic nitrogens is 1. The Kier molecular flexibility index (Phi) is 5.37. The van der Waals surface area contributed by atoms with Gasteiger partial charge >= 0.3 is 0 Å². The predicted molar refractivity (Wildman–Crippen MR) is 125 cm³/mol. The van der Waals surface area contributed by atoms with Crippen molar-refractivity contribution >= 4 is 73.1 Å². The third kappa shape index (κ3) is 3.63. The Morgan fingerprint density at radius 3 is 2.61 bits per heavy atom. The zero-order chi connectivity index (χ0) is 22.7. The lowest BCUT2D eigenvalue weighted by Gasteiger charge is -2.23. The van der Waals surface area contributed by atoms with Gasteiger partial charge in [-0.15, -0.1) is 0 Å². The summed E-state index contributed by atoms with van der Waals surface area (Å²) in [6.45, 7) is 3.72. The lowest BCUT2D eigenvalue weighted by molar-refractivity contribution is -0.114. The number of hydrogen-bond acceptors (Lipinski definition) is 6. The first-order valence-corrected chi connectivity index (χ1v) is 12.2. The molecule has 160 valence electrons. The molecule has 31 heavy (non-hydrogen) atoms. The van der Waals surface area contributed by atoms with Crippen LogP contribution < -0.4 is 0 Å². The summed E-state index contributed by atoms with van der Waals surface area (Å²) < 4.78 is 29.8. The number of aryl methyl sites for hydroxylation is 1. The summed E-state index contributed by atoms with van der Waals surface area (Å²) >= 11 is 13.3. The molecule has 0 spiro atoms. The molecule has 0 saturated carbocycles. The second kappa shape index (κ2) is 7.63. The van der Waals surface area contributed by atoms with Gasteiger partial charge < -0.3 is 4.57 Å². The van der Waals surface area contributed by atoms with Crippen LogP contribution in [-0.4, -0.2) is 46.2 Å². The number of hydrogen-bond donors (Lipinski definition) is 1. The van der Waals surface area contributed by atoms with E-state index in [1.165, 1.54) is 6.08 Å². The van der Waals surface area contributed by atoms with Crippen molar-refractivity contribution in [1.82, 2.24) is 9.47 Å². The van der Waals surface area contributed by atoms with Gasteiger partial charge in [0.1, 0.15) is 5.84 Å². The Bertz CT molecular complexity index is 1370. The number of benzene rings is 1. The molecule has 3 heterocycles. The number of amidine groups is 3. The van der Waals surface area contributed by atoms with Gasteiger partial charge in [-0.2, -0.15) is 9.39 Å². The second-order valence-corrected chi connectivity index (χ2v) is 10.3. The van der Waals surface area contributed by atoms with Crippen molar-refractivity contribution in [3.8, 4) is 5.69 Å². The van der Waals surface area contributed by atoms with Crippen LogP contribution in [0.25, 0.3) is 11.8 Å². The maximum Gasteiger partial charge on any atom is 0.283 e. The van der Waals surface area contributed by atoms with Crippen LogP contribution in [-0.2, 0) is 14.6 Å². The third-order valence-corrected chi connectivity index (χ3v) is 7.33. The van der Waals surface area contributed by atoms with Crippen molar-refractivity contribution in [2.75, 3.05) is 6.26 Å². The minimum absolute atomic E-state index is 0.0416. The van der Waals surface area contributed by atoms with E-state index in [-0.39, 0.29) is 21.7 Å². The minimum Gasteiger partial charge on any atom is -0.316 e. The highest BCUT2D eigenvalue weighted by Gasteiger charge is 2.41. The SMILES string of the molecule is Cc1cc(/C=C2/C(=N)N3C(=NC2=O)SN=C3S(C)(=O)=O)c(C)n1-c1cccc(Cl)c1Cl. The summed E-state index contributed by atoms with van der Waals surface area (Å²) in [4.78, 5) is 17.6. The molecular formula is C19H15Cl2N5O3S2. The molecule has 1 amide bonds. The maximum atomic E-state index is 12.6. The highest BCUT2D eigenvalue weighted by molar-refractivity contribution is 8.16. The summed E-state index contributed by atoms with van der Waals surface area (Å²) in [7, 11) is -3.71. The van der Waals surface area contributed by atoms with Crippen LogP contribution in [0.15, 0.2) is 39.2 Å². The van der Waals surface area contributed by atoms with Gasteiger partial charge in [0.25, 0.3) is 5.91 Å². The smallest absolute Gasteiger partial charge is 0.283 e. The molecule has 0 bridgehead atoms. The number of nitrogens with zero attached hydrogens (tertiary/aromatic N) is 4. The van der Waals surface area contributed by atoms with Crippen LogP contribution in [0, 0.1) is 19.3 Å². The number of carbonyl (C=O) groups is 1. The monoisotopic (exact) mass is 495 g/mol. The summed E-state index contributed by atoms with van der Waals surface area (Å²) in [5.74, 6) is -0.936. The number of sulfone groups is 1. The molecule has 12 heteroatoms. The molecule has 1 aromatic heterocycles. The first kappa shape index (κ1) is 21.8. The van der Waals surface area contributed by atoms with Gasteiger partial charge in [-0.1, -0.05) is 29.3 Å². The van der Waals surface area contributed by atoms with Gasteiger partial charge in [-0.25, -0.2) is 13.3 Å². The number of nitrogens with one attached hydrogen (secondary N) is 1. The molecule has 0 aliphatic carbocycles. The molecule has 1 aromatic carbocycles. The van der Waals surface area contributed by atoms with Gasteiger partial charge in [-0.3, -0.25) is 10.2 Å². The van der Waals surface area contributed by atoms with E-state index in [9.17, 15) is 13.2 Å². The van der Waals surface area contributed by atoms with E-state index in [0.717, 1.165) is 34.5 Å². The fraction of sp³-hybridized carbons (Fsp3) is 0.158. The molecule has 0 radical (unpaired) electrons. The van der Waals surface area contributed by atoms with Crippen LogP contribution in [0.3, 0.4) is 0 Å². The maximum absolute atomic E-state index is 12.6. The number of carbonyl (C=O) groups excluding carboxylic acids is 1. The lowest BCUT2D eigenvalue weighted by atomic mass is 10.1. The van der Waals surface area contributed by atoms with Crippen LogP contribution in [0.1, 0.15) is 17.0 Å². The zero-order valence-electron chi connectivity index (χ0n) is 16.5. The third-order valence-electron chi connectivity index (χ3n) is 4.77. The Hall–Kier alpha value is -2.40. The zero-order valence-corrected chi connectivity index (χ0v) is 19.6. The van der Waals surface area contributed by atoms with Crippen molar-refractivity contribution in [3.05, 3.63) is 56.8 Å². The fourth-order valence-corrected chi connectivity index (χ4v) is 5.59. The van der Waals surface area contributed by atoms with E-state index in [1.807, 2.05) is 30.5 Å². The molecule has 0 fully saturated rings. The van der Waals surface area contributed by atoms with E-state index >= 15 is 0 Å². The van der Waals surface area contributed by atoms with Gasteiger partial charge in [0.2, 0.25) is 20.2 Å². The van der Waals surface area contributed by atoms with Crippen molar-refractivity contribution < 1.29 is 13.2 Å². The van der Waals surface area contributed by atoms with Crippen LogP contribution >= 0.6 is 35.1 Å². The van der Waals surface area contributed by atoms with E-state index in [1.54, 1.807) is 12.1 Å². The molecule has 8 nitrogen and oxygen atoms in total. The topological polar surface area (TPSA) is 108 Å². The summed E-state index contributed by atoms with van der Waals surface area (Å²) in [5, 5.41) is 9.00. The Morgan fingerprint density at radius 2 is 1.94 bits per heavy atom. The van der Waals surface area contributed by atoms with Crippen LogP contribution in [0.4, 0.5) is 0 Å². The molecule has 2 aliphatic heterocycles. The first-order chi connectivity index (χ1) is 14.5. The second-order valence-electron chi connectivity index (χ2n) is 6.91. The van der Waals surface area contributed by atoms with Gasteiger partial charge in [0, 0.05) is 17.6 Å². The molecule has 0 atom stereocenters. The van der Waals surface area contributed by atoms with Gasteiger partial charge in [-0.05, 0) is 43.7 Å². The summed E-state index contributed by atoms with van der Waals surface area (Å²) in [6, 6.07) is 7.14. The van der Waals surface area contributed by atoms with Crippen molar-refractivity contribution in [1.29, 1.82) is 5.41 Å². The number of aliphatic imine (C=N–C) groups is 1. The molecule has 0 saturated heterocycles. The Labute approximate surface area is 192 Å². The lowest BCUT2D eigenvalue weighted by Crippen LogP contribution is -2.45. The molecule has 2 aromatic rings. The highest BCUT2D eigenvalue weighted by atomic mass is 35.5. The average molecular weight is 496 g/mol. The molecule has 2 aliphatic rings. The van der Waals surface area contributed by atoms with Crippen molar-refractivity contribution in [2.24, 2.45) is 9.39 Å². The average Bonchev–Trinajstić information content (AvgIpc) is 3.22. The van der Waals surface area contributed by atoms with E-state index < -0.39 is 15.7 Å². The van der Waals surface area contributed by atoms with Crippen LogP contribution in [0.5, 0.6) is 0 Å². The fourth-order valence-electron chi connectivity index (χ4n) is 3.36. The first-order valence-electron chi connectivity index (χ1n) is 8.83. The van der Waals surface area contributed by atoms with Crippen LogP contribution in [0.2, 0.25) is 10.0 Å². The molecule has 1 N–H and O–H groups in total. The Morgan fingerprint density at radius 1 is 1.23 bits per heavy atom. The molecule has 0 unspecified atom stereocenters. The minimum atomic E-state index is -3.71. The van der Waals surface area contributed by atoms with E-state index in [4.69, 9.17) is 28.6 Å². The standard InChI is InChI=1S/C19H15Cl2N5O3S2/c1-9-7-11(10(2)25(9)14-6-4-5-13(20)15(14)21)8-12-16(22)26-18(23-17(12)27)30-24-19(26)31(3,28)29/h4-8,22H,1-3H3/b12-8-,22-16?. The number of halogens is 2. The molecular weight excluding hydrogens is 481 g/mol. The van der Waals surface area contributed by atoms with Gasteiger partial charge in [0.15, 0.2) is 0 Å². The van der Waals surface area contributed by atoms with Crippen molar-refractivity contribution in [2.45, 2.75) is 13.8 Å². The van der Waals surface area contributed by atoms with E-state index in [0.29, 0.717) is 21.3 Å². The van der Waals surface area contributed by atoms with E-state index in [2.05, 4.69) is 9.39 Å². The van der Waals surface area contributed by atoms with Gasteiger partial charge in [0.05, 0.1) is 33.3 Å². The highest BCUT2D eigenvalue weighted by Crippen LogP contribution is 2.33. The normalized spacial score (nSPS) is 17.8. The molecule has 4 rings (SSSR count). The summed E-state index contributed by atoms with van der Waals surface area (Å²) in [5.41, 5.74) is 2.89. The number of fused-ring (bicyclic) bond motifs is 1. The predicted octanol–water partition coefficient (Wildman–Crippen LogP) is 4.02. The number of rotatable bonds is 2. The quantitative estimate of drug-likeness (QED) is 0.499. The number of amides is 1. The van der Waals surface area contributed by atoms with Crippen molar-refractivity contribution in [3.63, 3.8) is 0 Å². The Balaban J connectivity index is 1.82. The largest absolute Gasteiger partial charge is 0.316 e.